The zero-order valence-electron chi connectivity index (χ0n) is 13.9. The van der Waals surface area contributed by atoms with E-state index in [0.29, 0.717) is 39.1 Å². The normalized spacial score (nSPS) is 25.9. The van der Waals surface area contributed by atoms with Crippen molar-refractivity contribution >= 4 is 17.5 Å². The van der Waals surface area contributed by atoms with Crippen molar-refractivity contribution < 1.29 is 19.1 Å². The van der Waals surface area contributed by atoms with Gasteiger partial charge in [-0.1, -0.05) is 18.2 Å². The SMILES string of the molecule is CN1C(=O)C[C@H](C(=O)N2CCC3(CC2)OCCO3)c2ccccc21. The largest absolute Gasteiger partial charge is 0.347 e. The summed E-state index contributed by atoms with van der Waals surface area (Å²) in [5, 5.41) is 0. The van der Waals surface area contributed by atoms with Crippen LogP contribution in [-0.2, 0) is 19.1 Å². The predicted octanol–water partition coefficient (Wildman–Crippen LogP) is 1.50. The van der Waals surface area contributed by atoms with Crippen LogP contribution in [0.1, 0.15) is 30.7 Å². The lowest BCUT2D eigenvalue weighted by Crippen LogP contribution is -2.49. The lowest BCUT2D eigenvalue weighted by molar-refractivity contribution is -0.187. The van der Waals surface area contributed by atoms with E-state index in [9.17, 15) is 9.59 Å². The number of para-hydroxylation sites is 1. The van der Waals surface area contributed by atoms with Gasteiger partial charge in [0.15, 0.2) is 5.79 Å². The molecule has 0 unspecified atom stereocenters. The molecule has 6 heteroatoms. The Morgan fingerprint density at radius 2 is 1.83 bits per heavy atom. The average Bonchev–Trinajstić information content (AvgIpc) is 3.06. The van der Waals surface area contributed by atoms with Gasteiger partial charge < -0.3 is 19.3 Å². The summed E-state index contributed by atoms with van der Waals surface area (Å²) in [5.41, 5.74) is 1.78. The molecule has 1 aromatic rings. The van der Waals surface area contributed by atoms with Crippen LogP contribution in [0.2, 0.25) is 0 Å². The summed E-state index contributed by atoms with van der Waals surface area (Å²) < 4.78 is 11.4. The van der Waals surface area contributed by atoms with E-state index in [1.165, 1.54) is 0 Å². The van der Waals surface area contributed by atoms with E-state index in [0.717, 1.165) is 11.3 Å². The van der Waals surface area contributed by atoms with E-state index in [-0.39, 0.29) is 24.2 Å². The summed E-state index contributed by atoms with van der Waals surface area (Å²) in [5.74, 6) is -0.846. The Hall–Kier alpha value is -1.92. The molecule has 3 aliphatic heterocycles. The number of fused-ring (bicyclic) bond motifs is 1. The van der Waals surface area contributed by atoms with Crippen LogP contribution in [0.15, 0.2) is 24.3 Å². The molecule has 2 fully saturated rings. The molecular weight excluding hydrogens is 308 g/mol. The molecule has 1 aromatic carbocycles. The molecule has 128 valence electrons. The minimum absolute atomic E-state index is 0.0111. The molecular formula is C18H22N2O4. The van der Waals surface area contributed by atoms with Crippen molar-refractivity contribution in [2.45, 2.75) is 31.0 Å². The Morgan fingerprint density at radius 1 is 1.17 bits per heavy atom. The summed E-state index contributed by atoms with van der Waals surface area (Å²) in [6.45, 7) is 2.48. The highest BCUT2D eigenvalue weighted by Crippen LogP contribution is 2.38. The van der Waals surface area contributed by atoms with Gasteiger partial charge in [-0.15, -0.1) is 0 Å². The second-order valence-corrected chi connectivity index (χ2v) is 6.70. The average molecular weight is 330 g/mol. The molecule has 3 heterocycles. The van der Waals surface area contributed by atoms with Crippen LogP contribution < -0.4 is 4.90 Å². The van der Waals surface area contributed by atoms with Crippen LogP contribution in [0.4, 0.5) is 5.69 Å². The second kappa shape index (κ2) is 5.86. The van der Waals surface area contributed by atoms with Crippen LogP contribution in [0.3, 0.4) is 0 Å². The molecule has 6 nitrogen and oxygen atoms in total. The van der Waals surface area contributed by atoms with Gasteiger partial charge >= 0.3 is 0 Å². The Labute approximate surface area is 141 Å². The van der Waals surface area contributed by atoms with Crippen LogP contribution in [0.25, 0.3) is 0 Å². The van der Waals surface area contributed by atoms with Crippen molar-refractivity contribution in [3.63, 3.8) is 0 Å². The maximum atomic E-state index is 13.0. The molecule has 0 saturated carbocycles. The summed E-state index contributed by atoms with van der Waals surface area (Å²) in [6, 6.07) is 7.68. The van der Waals surface area contributed by atoms with E-state index < -0.39 is 5.79 Å². The molecule has 0 radical (unpaired) electrons. The molecule has 1 atom stereocenters. The van der Waals surface area contributed by atoms with Gasteiger partial charge in [-0.05, 0) is 11.6 Å². The lowest BCUT2D eigenvalue weighted by atomic mass is 9.87. The highest BCUT2D eigenvalue weighted by Gasteiger charge is 2.43. The van der Waals surface area contributed by atoms with E-state index in [4.69, 9.17) is 9.47 Å². The van der Waals surface area contributed by atoms with Gasteiger partial charge in [0, 0.05) is 45.1 Å². The molecule has 1 spiro atoms. The minimum Gasteiger partial charge on any atom is -0.347 e. The number of piperidine rings is 1. The number of carbonyl (C=O) groups excluding carboxylic acids is 2. The summed E-state index contributed by atoms with van der Waals surface area (Å²) in [6.07, 6.45) is 1.63. The maximum Gasteiger partial charge on any atom is 0.230 e. The quantitative estimate of drug-likeness (QED) is 0.783. The fourth-order valence-corrected chi connectivity index (χ4v) is 3.94. The number of benzene rings is 1. The van der Waals surface area contributed by atoms with Crippen molar-refractivity contribution in [3.8, 4) is 0 Å². The lowest BCUT2D eigenvalue weighted by Gasteiger charge is -2.40. The molecule has 4 rings (SSSR count). The summed E-state index contributed by atoms with van der Waals surface area (Å²) >= 11 is 0. The Morgan fingerprint density at radius 3 is 2.54 bits per heavy atom. The summed E-state index contributed by atoms with van der Waals surface area (Å²) in [4.78, 5) is 28.8. The van der Waals surface area contributed by atoms with Crippen molar-refractivity contribution in [3.05, 3.63) is 29.8 Å². The number of hydrogen-bond donors (Lipinski definition) is 0. The van der Waals surface area contributed by atoms with Crippen molar-refractivity contribution in [2.75, 3.05) is 38.3 Å². The smallest absolute Gasteiger partial charge is 0.230 e. The highest BCUT2D eigenvalue weighted by atomic mass is 16.7. The zero-order valence-corrected chi connectivity index (χ0v) is 13.9. The van der Waals surface area contributed by atoms with E-state index in [2.05, 4.69) is 0 Å². The molecule has 3 aliphatic rings. The molecule has 0 bridgehead atoms. The van der Waals surface area contributed by atoms with Crippen LogP contribution in [0.5, 0.6) is 0 Å². The Kier molecular flexibility index (Phi) is 3.81. The molecule has 0 aliphatic carbocycles. The number of amides is 2. The number of anilines is 1. The van der Waals surface area contributed by atoms with E-state index in [1.54, 1.807) is 11.9 Å². The van der Waals surface area contributed by atoms with Gasteiger partial charge in [-0.25, -0.2) is 0 Å². The predicted molar refractivity (Wildman–Crippen MR) is 87.7 cm³/mol. The molecule has 0 aromatic heterocycles. The third kappa shape index (κ3) is 2.50. The van der Waals surface area contributed by atoms with Crippen molar-refractivity contribution in [2.24, 2.45) is 0 Å². The summed E-state index contributed by atoms with van der Waals surface area (Å²) in [7, 11) is 1.77. The fourth-order valence-electron chi connectivity index (χ4n) is 3.94. The Bertz CT molecular complexity index is 659. The first-order chi connectivity index (χ1) is 11.6. The van der Waals surface area contributed by atoms with Gasteiger partial charge in [0.25, 0.3) is 0 Å². The van der Waals surface area contributed by atoms with E-state index >= 15 is 0 Å². The first-order valence-electron chi connectivity index (χ1n) is 8.52. The highest BCUT2D eigenvalue weighted by molar-refractivity contribution is 6.02. The number of likely N-dealkylation sites (tertiary alicyclic amines) is 1. The van der Waals surface area contributed by atoms with Crippen LogP contribution in [0, 0.1) is 0 Å². The van der Waals surface area contributed by atoms with Crippen LogP contribution in [-0.4, -0.2) is 55.9 Å². The number of hydrogen-bond acceptors (Lipinski definition) is 4. The number of rotatable bonds is 1. The molecule has 24 heavy (non-hydrogen) atoms. The topological polar surface area (TPSA) is 59.1 Å². The number of carbonyl (C=O) groups is 2. The van der Waals surface area contributed by atoms with Gasteiger partial charge in [0.1, 0.15) is 0 Å². The first kappa shape index (κ1) is 15.6. The number of ether oxygens (including phenoxy) is 2. The second-order valence-electron chi connectivity index (χ2n) is 6.70. The molecule has 2 amide bonds. The van der Waals surface area contributed by atoms with Gasteiger partial charge in [-0.3, -0.25) is 9.59 Å². The Balaban J connectivity index is 1.53. The van der Waals surface area contributed by atoms with Gasteiger partial charge in [-0.2, -0.15) is 0 Å². The maximum absolute atomic E-state index is 13.0. The van der Waals surface area contributed by atoms with Crippen molar-refractivity contribution in [1.29, 1.82) is 0 Å². The third-order valence-electron chi connectivity index (χ3n) is 5.37. The van der Waals surface area contributed by atoms with Crippen molar-refractivity contribution in [1.82, 2.24) is 4.90 Å². The molecule has 2 saturated heterocycles. The fraction of sp³-hybridized carbons (Fsp3) is 0.556. The molecule has 0 N–H and O–H groups in total. The third-order valence-corrected chi connectivity index (χ3v) is 5.37. The van der Waals surface area contributed by atoms with Crippen LogP contribution >= 0.6 is 0 Å². The van der Waals surface area contributed by atoms with Gasteiger partial charge in [0.2, 0.25) is 11.8 Å². The first-order valence-corrected chi connectivity index (χ1v) is 8.52. The standard InChI is InChI=1S/C18H22N2O4/c1-19-15-5-3-2-4-13(15)14(12-16(19)21)17(22)20-8-6-18(7-9-20)23-10-11-24-18/h2-5,14H,6-12H2,1H3/t14-/m0/s1. The minimum atomic E-state index is -0.489. The monoisotopic (exact) mass is 330 g/mol. The van der Waals surface area contributed by atoms with E-state index in [1.807, 2.05) is 29.2 Å². The van der Waals surface area contributed by atoms with Gasteiger partial charge in [0.05, 0.1) is 19.1 Å². The number of nitrogens with zero attached hydrogens (tertiary/aromatic N) is 2. The zero-order chi connectivity index (χ0) is 16.7.